The Balaban J connectivity index is 1.24. The highest BCUT2D eigenvalue weighted by Gasteiger charge is 2.40. The third kappa shape index (κ3) is 6.47. The molecule has 0 saturated carbocycles. The van der Waals surface area contributed by atoms with E-state index in [2.05, 4.69) is 20.5 Å². The number of likely N-dealkylation sites (tertiary alicyclic amines) is 1. The Bertz CT molecular complexity index is 1290. The molecule has 2 fully saturated rings. The van der Waals surface area contributed by atoms with Crippen molar-refractivity contribution in [3.63, 3.8) is 0 Å². The van der Waals surface area contributed by atoms with E-state index in [0.717, 1.165) is 72.3 Å². The summed E-state index contributed by atoms with van der Waals surface area (Å²) in [5.74, 6) is 0.00752. The van der Waals surface area contributed by atoms with Crippen molar-refractivity contribution in [3.8, 4) is 0 Å². The van der Waals surface area contributed by atoms with E-state index < -0.39 is 22.0 Å². The highest BCUT2D eigenvalue weighted by molar-refractivity contribution is 7.89. The van der Waals surface area contributed by atoms with Gasteiger partial charge in [-0.05, 0) is 64.3 Å². The summed E-state index contributed by atoms with van der Waals surface area (Å²) in [6, 6.07) is 5.15. The predicted octanol–water partition coefficient (Wildman–Crippen LogP) is 1.89. The molecule has 3 aliphatic rings. The fourth-order valence-corrected chi connectivity index (χ4v) is 7.34. The van der Waals surface area contributed by atoms with Crippen LogP contribution in [0.5, 0.6) is 0 Å². The van der Waals surface area contributed by atoms with Gasteiger partial charge in [0.2, 0.25) is 21.8 Å². The van der Waals surface area contributed by atoms with Crippen LogP contribution in [0.2, 0.25) is 0 Å². The Kier molecular flexibility index (Phi) is 8.58. The summed E-state index contributed by atoms with van der Waals surface area (Å²) in [5, 5.41) is 5.75. The zero-order valence-corrected chi connectivity index (χ0v) is 23.4. The first-order valence-corrected chi connectivity index (χ1v) is 15.5. The number of piperidine rings is 1. The van der Waals surface area contributed by atoms with Crippen LogP contribution in [0.25, 0.3) is 0 Å². The van der Waals surface area contributed by atoms with Crippen molar-refractivity contribution in [2.45, 2.75) is 75.3 Å². The number of carbonyl (C=O) groups is 2. The van der Waals surface area contributed by atoms with E-state index in [1.165, 1.54) is 31.4 Å². The van der Waals surface area contributed by atoms with E-state index in [4.69, 9.17) is 4.98 Å². The van der Waals surface area contributed by atoms with Crippen LogP contribution in [-0.4, -0.2) is 78.2 Å². The molecule has 39 heavy (non-hydrogen) atoms. The maximum absolute atomic E-state index is 13.4. The number of amides is 2. The van der Waals surface area contributed by atoms with Crippen LogP contribution >= 0.6 is 0 Å². The van der Waals surface area contributed by atoms with Gasteiger partial charge in [-0.25, -0.2) is 18.4 Å². The molecule has 2 aromatic rings. The summed E-state index contributed by atoms with van der Waals surface area (Å²) in [6.45, 7) is 5.44. The number of benzene rings is 1. The topological polar surface area (TPSA) is 125 Å². The van der Waals surface area contributed by atoms with Gasteiger partial charge in [0.1, 0.15) is 11.9 Å². The lowest BCUT2D eigenvalue weighted by Crippen LogP contribution is -2.58. The molecule has 210 valence electrons. The fraction of sp³-hybridized carbons (Fsp3) is 0.571. The standard InChI is InChI=1S/C28H38N6O4S/c1-20-8-10-21(11-9-20)39(37,38)34-17-13-29-28(36)25(34)18-27(35)32-24-7-5-6-23-22(24)19-30-26(31-23)12-16-33-14-3-2-4-15-33/h8-11,19,24-25H,2-7,12-18H2,1H3,(H,29,36)(H,32,35). The van der Waals surface area contributed by atoms with Crippen LogP contribution < -0.4 is 10.6 Å². The second-order valence-corrected chi connectivity index (χ2v) is 12.7. The largest absolute Gasteiger partial charge is 0.353 e. The van der Waals surface area contributed by atoms with Gasteiger partial charge in [0.25, 0.3) is 0 Å². The lowest BCUT2D eigenvalue weighted by atomic mass is 9.92. The quantitative estimate of drug-likeness (QED) is 0.511. The number of sulfonamides is 1. The number of aromatic nitrogens is 2. The minimum atomic E-state index is -3.94. The Morgan fingerprint density at radius 1 is 1.10 bits per heavy atom. The van der Waals surface area contributed by atoms with E-state index in [1.807, 2.05) is 13.1 Å². The monoisotopic (exact) mass is 554 g/mol. The zero-order valence-electron chi connectivity index (χ0n) is 22.6. The molecule has 2 unspecified atom stereocenters. The lowest BCUT2D eigenvalue weighted by molar-refractivity contribution is -0.132. The molecule has 1 aromatic carbocycles. The van der Waals surface area contributed by atoms with E-state index in [9.17, 15) is 18.0 Å². The first kappa shape index (κ1) is 27.7. The van der Waals surface area contributed by atoms with Crippen molar-refractivity contribution in [1.82, 2.24) is 29.8 Å². The molecule has 0 spiro atoms. The molecule has 0 bridgehead atoms. The number of hydrogen-bond acceptors (Lipinski definition) is 7. The molecule has 2 N–H and O–H groups in total. The van der Waals surface area contributed by atoms with Gasteiger partial charge in [-0.3, -0.25) is 9.59 Å². The number of nitrogens with zero attached hydrogens (tertiary/aromatic N) is 4. The molecule has 2 saturated heterocycles. The molecule has 0 radical (unpaired) electrons. The molecular weight excluding hydrogens is 516 g/mol. The van der Waals surface area contributed by atoms with Crippen LogP contribution in [0.1, 0.15) is 67.2 Å². The average molecular weight is 555 g/mol. The Morgan fingerprint density at radius 2 is 1.87 bits per heavy atom. The third-order valence-corrected chi connectivity index (χ3v) is 9.88. The maximum Gasteiger partial charge on any atom is 0.243 e. The van der Waals surface area contributed by atoms with Gasteiger partial charge in [-0.2, -0.15) is 4.31 Å². The van der Waals surface area contributed by atoms with Gasteiger partial charge < -0.3 is 15.5 Å². The Morgan fingerprint density at radius 3 is 2.64 bits per heavy atom. The van der Waals surface area contributed by atoms with Crippen molar-refractivity contribution in [2.75, 3.05) is 32.7 Å². The second-order valence-electron chi connectivity index (χ2n) is 10.8. The maximum atomic E-state index is 13.4. The number of aryl methyl sites for hydroxylation is 2. The molecular formula is C28H38N6O4S. The van der Waals surface area contributed by atoms with E-state index in [0.29, 0.717) is 0 Å². The molecule has 1 aromatic heterocycles. The van der Waals surface area contributed by atoms with Gasteiger partial charge in [0.15, 0.2) is 0 Å². The first-order valence-electron chi connectivity index (χ1n) is 14.0. The van der Waals surface area contributed by atoms with E-state index in [-0.39, 0.29) is 36.4 Å². The minimum Gasteiger partial charge on any atom is -0.353 e. The van der Waals surface area contributed by atoms with Gasteiger partial charge in [0.05, 0.1) is 17.4 Å². The van der Waals surface area contributed by atoms with Crippen molar-refractivity contribution >= 4 is 21.8 Å². The summed E-state index contributed by atoms with van der Waals surface area (Å²) in [6.07, 6.45) is 8.69. The van der Waals surface area contributed by atoms with Crippen LogP contribution in [0.15, 0.2) is 35.4 Å². The molecule has 10 nitrogen and oxygen atoms in total. The van der Waals surface area contributed by atoms with Crippen molar-refractivity contribution < 1.29 is 18.0 Å². The van der Waals surface area contributed by atoms with E-state index >= 15 is 0 Å². The van der Waals surface area contributed by atoms with Crippen molar-refractivity contribution in [3.05, 3.63) is 53.1 Å². The molecule has 2 amide bonds. The normalized spacial score (nSPS) is 22.6. The zero-order chi connectivity index (χ0) is 27.4. The second kappa shape index (κ2) is 12.1. The summed E-state index contributed by atoms with van der Waals surface area (Å²) in [7, 11) is -3.94. The molecule has 2 aliphatic heterocycles. The van der Waals surface area contributed by atoms with Gasteiger partial charge in [-0.1, -0.05) is 24.1 Å². The van der Waals surface area contributed by atoms with E-state index in [1.54, 1.807) is 12.1 Å². The molecule has 5 rings (SSSR count). The average Bonchev–Trinajstić information content (AvgIpc) is 2.94. The van der Waals surface area contributed by atoms with Crippen LogP contribution in [0.3, 0.4) is 0 Å². The summed E-state index contributed by atoms with van der Waals surface area (Å²) in [4.78, 5) is 37.9. The van der Waals surface area contributed by atoms with Gasteiger partial charge in [-0.15, -0.1) is 0 Å². The number of piperazine rings is 1. The molecule has 1 aliphatic carbocycles. The highest BCUT2D eigenvalue weighted by atomic mass is 32.2. The van der Waals surface area contributed by atoms with Gasteiger partial charge in [0, 0.05) is 43.5 Å². The SMILES string of the molecule is Cc1ccc(S(=O)(=O)N2CCNC(=O)C2CC(=O)NC2CCCc3nc(CCN4CCCCC4)ncc32)cc1. The summed E-state index contributed by atoms with van der Waals surface area (Å²) < 4.78 is 27.9. The Hall–Kier alpha value is -2.89. The minimum absolute atomic E-state index is 0.111. The molecule has 3 heterocycles. The number of rotatable bonds is 8. The Labute approximate surface area is 230 Å². The smallest absolute Gasteiger partial charge is 0.243 e. The third-order valence-electron chi connectivity index (χ3n) is 7.96. The first-order chi connectivity index (χ1) is 18.8. The predicted molar refractivity (Wildman–Crippen MR) is 146 cm³/mol. The van der Waals surface area contributed by atoms with Crippen LogP contribution in [0, 0.1) is 6.92 Å². The highest BCUT2D eigenvalue weighted by Crippen LogP contribution is 2.29. The summed E-state index contributed by atoms with van der Waals surface area (Å²) >= 11 is 0. The van der Waals surface area contributed by atoms with Crippen LogP contribution in [0.4, 0.5) is 0 Å². The number of nitrogens with one attached hydrogen (secondary N) is 2. The van der Waals surface area contributed by atoms with Crippen molar-refractivity contribution in [1.29, 1.82) is 0 Å². The number of hydrogen-bond donors (Lipinski definition) is 2. The number of fused-ring (bicyclic) bond motifs is 1. The lowest BCUT2D eigenvalue weighted by Gasteiger charge is -2.34. The molecule has 11 heteroatoms. The van der Waals surface area contributed by atoms with Gasteiger partial charge >= 0.3 is 0 Å². The van der Waals surface area contributed by atoms with Crippen LogP contribution in [-0.2, 0) is 32.5 Å². The van der Waals surface area contributed by atoms with Crippen molar-refractivity contribution in [2.24, 2.45) is 0 Å². The summed E-state index contributed by atoms with van der Waals surface area (Å²) in [5.41, 5.74) is 2.81. The number of carbonyl (C=O) groups excluding carboxylic acids is 2. The fourth-order valence-electron chi connectivity index (χ4n) is 5.75. The molecule has 2 atom stereocenters.